The summed E-state index contributed by atoms with van der Waals surface area (Å²) in [5.41, 5.74) is 1.59. The monoisotopic (exact) mass is 338 g/mol. The van der Waals surface area contributed by atoms with Gasteiger partial charge in [0, 0.05) is 30.0 Å². The van der Waals surface area contributed by atoms with Crippen LogP contribution in [0.5, 0.6) is 5.75 Å². The van der Waals surface area contributed by atoms with Crippen LogP contribution in [0.3, 0.4) is 0 Å². The summed E-state index contributed by atoms with van der Waals surface area (Å²) in [5.74, 6) is 0.573. The Morgan fingerprint density at radius 1 is 1.12 bits per heavy atom. The summed E-state index contributed by atoms with van der Waals surface area (Å²) in [6.07, 6.45) is 0.978. The molecule has 0 saturated heterocycles. The molecule has 5 heteroatoms. The first-order chi connectivity index (χ1) is 12.1. The van der Waals surface area contributed by atoms with E-state index in [0.29, 0.717) is 12.2 Å². The van der Waals surface area contributed by atoms with E-state index in [0.717, 1.165) is 17.7 Å². The fourth-order valence-electron chi connectivity index (χ4n) is 2.97. The molecule has 1 heterocycles. The summed E-state index contributed by atoms with van der Waals surface area (Å²) in [7, 11) is 0. The Balaban J connectivity index is 1.54. The number of carbonyl (C=O) groups is 2. The summed E-state index contributed by atoms with van der Waals surface area (Å²) in [4.78, 5) is 24.5. The molecule has 0 aliphatic carbocycles. The molecule has 2 aromatic carbocycles. The van der Waals surface area contributed by atoms with Crippen LogP contribution >= 0.6 is 0 Å². The molecule has 0 spiro atoms. The summed E-state index contributed by atoms with van der Waals surface area (Å²) in [6.45, 7) is 2.42. The average molecular weight is 338 g/mol. The second-order valence-corrected chi connectivity index (χ2v) is 6.24. The van der Waals surface area contributed by atoms with Crippen LogP contribution in [0, 0.1) is 0 Å². The van der Waals surface area contributed by atoms with Crippen LogP contribution in [-0.2, 0) is 4.79 Å². The minimum absolute atomic E-state index is 0.0468. The molecule has 0 fully saturated rings. The summed E-state index contributed by atoms with van der Waals surface area (Å²) < 4.78 is 5.61. The maximum Gasteiger partial charge on any atom is 0.251 e. The molecule has 3 rings (SSSR count). The van der Waals surface area contributed by atoms with Crippen molar-refractivity contribution in [2.24, 2.45) is 0 Å². The molecule has 2 amide bonds. The fraction of sp³-hybridized carbons (Fsp3) is 0.300. The molecule has 2 aromatic rings. The van der Waals surface area contributed by atoms with Crippen molar-refractivity contribution in [1.29, 1.82) is 0 Å². The smallest absolute Gasteiger partial charge is 0.251 e. The number of carbonyl (C=O) groups excluding carboxylic acids is 2. The van der Waals surface area contributed by atoms with Crippen LogP contribution < -0.4 is 15.4 Å². The highest BCUT2D eigenvalue weighted by Gasteiger charge is 2.23. The van der Waals surface area contributed by atoms with E-state index in [9.17, 15) is 9.59 Å². The molecular formula is C20H22N2O3. The second kappa shape index (κ2) is 7.83. The average Bonchev–Trinajstić information content (AvgIpc) is 2.62. The molecule has 2 N–H and O–H groups in total. The minimum atomic E-state index is -0.247. The molecule has 0 aromatic heterocycles. The minimum Gasteiger partial charge on any atom is -0.493 e. The lowest BCUT2D eigenvalue weighted by Gasteiger charge is -2.27. The molecule has 0 unspecified atom stereocenters. The number of fused-ring (bicyclic) bond motifs is 1. The Labute approximate surface area is 147 Å². The van der Waals surface area contributed by atoms with Crippen LogP contribution in [0.2, 0.25) is 0 Å². The van der Waals surface area contributed by atoms with E-state index in [1.807, 2.05) is 49.4 Å². The highest BCUT2D eigenvalue weighted by atomic mass is 16.5. The third kappa shape index (κ3) is 4.38. The number of hydrogen-bond acceptors (Lipinski definition) is 3. The fourth-order valence-corrected chi connectivity index (χ4v) is 2.97. The normalized spacial score (nSPS) is 16.9. The van der Waals surface area contributed by atoms with Crippen LogP contribution in [-0.4, -0.2) is 24.5 Å². The predicted molar refractivity (Wildman–Crippen MR) is 95.4 cm³/mol. The van der Waals surface area contributed by atoms with Gasteiger partial charge in [-0.2, -0.15) is 0 Å². The molecule has 5 nitrogen and oxygen atoms in total. The lowest BCUT2D eigenvalue weighted by atomic mass is 10.0. The molecule has 0 radical (unpaired) electrons. The van der Waals surface area contributed by atoms with Gasteiger partial charge in [-0.3, -0.25) is 9.59 Å². The molecule has 1 aliphatic heterocycles. The van der Waals surface area contributed by atoms with E-state index in [2.05, 4.69) is 10.6 Å². The highest BCUT2D eigenvalue weighted by molar-refractivity contribution is 5.94. The van der Waals surface area contributed by atoms with E-state index in [1.54, 1.807) is 12.1 Å². The number of hydrogen-bond donors (Lipinski definition) is 2. The summed E-state index contributed by atoms with van der Waals surface area (Å²) in [6, 6.07) is 16.4. The maximum absolute atomic E-state index is 12.3. The van der Waals surface area contributed by atoms with Crippen molar-refractivity contribution >= 4 is 11.8 Å². The van der Waals surface area contributed by atoms with Crippen LogP contribution in [0.25, 0.3) is 0 Å². The first kappa shape index (κ1) is 17.0. The van der Waals surface area contributed by atoms with E-state index < -0.39 is 0 Å². The molecule has 0 bridgehead atoms. The Morgan fingerprint density at radius 3 is 2.64 bits per heavy atom. The Morgan fingerprint density at radius 2 is 1.84 bits per heavy atom. The van der Waals surface area contributed by atoms with Crippen molar-refractivity contribution in [2.45, 2.75) is 31.8 Å². The Kier molecular flexibility index (Phi) is 5.33. The van der Waals surface area contributed by atoms with Crippen molar-refractivity contribution in [2.75, 3.05) is 6.61 Å². The maximum atomic E-state index is 12.3. The largest absolute Gasteiger partial charge is 0.493 e. The Bertz CT molecular complexity index is 746. The summed E-state index contributed by atoms with van der Waals surface area (Å²) >= 11 is 0. The molecular weight excluding hydrogens is 316 g/mol. The van der Waals surface area contributed by atoms with E-state index in [-0.39, 0.29) is 30.3 Å². The number of benzene rings is 2. The zero-order valence-corrected chi connectivity index (χ0v) is 14.2. The van der Waals surface area contributed by atoms with Crippen molar-refractivity contribution < 1.29 is 14.3 Å². The van der Waals surface area contributed by atoms with E-state index in [4.69, 9.17) is 4.74 Å². The van der Waals surface area contributed by atoms with Crippen LogP contribution in [0.15, 0.2) is 54.6 Å². The molecule has 25 heavy (non-hydrogen) atoms. The predicted octanol–water partition coefficient (Wildman–Crippen LogP) is 2.84. The van der Waals surface area contributed by atoms with Gasteiger partial charge >= 0.3 is 0 Å². The zero-order chi connectivity index (χ0) is 17.6. The summed E-state index contributed by atoms with van der Waals surface area (Å²) in [5, 5.41) is 5.91. The first-order valence-corrected chi connectivity index (χ1v) is 8.50. The van der Waals surface area contributed by atoms with Crippen LogP contribution in [0.4, 0.5) is 0 Å². The quantitative estimate of drug-likeness (QED) is 0.881. The van der Waals surface area contributed by atoms with Gasteiger partial charge < -0.3 is 15.4 Å². The van der Waals surface area contributed by atoms with E-state index in [1.165, 1.54) is 0 Å². The van der Waals surface area contributed by atoms with E-state index >= 15 is 0 Å². The molecule has 1 aliphatic rings. The van der Waals surface area contributed by atoms with Gasteiger partial charge in [0.05, 0.1) is 12.6 Å². The lowest BCUT2D eigenvalue weighted by Crippen LogP contribution is -2.39. The van der Waals surface area contributed by atoms with Crippen molar-refractivity contribution in [3.05, 3.63) is 65.7 Å². The van der Waals surface area contributed by atoms with Gasteiger partial charge in [0.25, 0.3) is 5.91 Å². The van der Waals surface area contributed by atoms with Gasteiger partial charge in [0.2, 0.25) is 5.91 Å². The van der Waals surface area contributed by atoms with Gasteiger partial charge in [-0.25, -0.2) is 0 Å². The number of para-hydroxylation sites is 1. The van der Waals surface area contributed by atoms with Gasteiger partial charge in [0.1, 0.15) is 5.75 Å². The Hall–Kier alpha value is -2.82. The number of amides is 2. The number of rotatable bonds is 5. The first-order valence-electron chi connectivity index (χ1n) is 8.50. The van der Waals surface area contributed by atoms with Crippen molar-refractivity contribution in [3.8, 4) is 5.75 Å². The molecule has 0 saturated carbocycles. The van der Waals surface area contributed by atoms with Gasteiger partial charge in [0.15, 0.2) is 0 Å². The standard InChI is InChI=1S/C20H22N2O3/c1-14(21-20(24)15-7-3-2-4-8-15)13-19(23)22-17-11-12-25-18-10-6-5-9-16(17)18/h2-10,14,17H,11-13H2,1H3,(H,21,24)(H,22,23)/t14-,17+/m0/s1. The van der Waals surface area contributed by atoms with Crippen molar-refractivity contribution in [1.82, 2.24) is 10.6 Å². The zero-order valence-electron chi connectivity index (χ0n) is 14.2. The van der Waals surface area contributed by atoms with Gasteiger partial charge in [-0.15, -0.1) is 0 Å². The highest BCUT2D eigenvalue weighted by Crippen LogP contribution is 2.31. The third-order valence-corrected chi connectivity index (χ3v) is 4.20. The molecule has 130 valence electrons. The van der Waals surface area contributed by atoms with Crippen molar-refractivity contribution in [3.63, 3.8) is 0 Å². The SMILES string of the molecule is C[C@@H](CC(=O)N[C@@H]1CCOc2ccccc21)NC(=O)c1ccccc1. The second-order valence-electron chi connectivity index (χ2n) is 6.24. The van der Waals surface area contributed by atoms with Gasteiger partial charge in [-0.1, -0.05) is 36.4 Å². The number of nitrogens with one attached hydrogen (secondary N) is 2. The lowest BCUT2D eigenvalue weighted by molar-refractivity contribution is -0.122. The number of ether oxygens (including phenoxy) is 1. The van der Waals surface area contributed by atoms with Crippen LogP contribution in [0.1, 0.15) is 41.7 Å². The third-order valence-electron chi connectivity index (χ3n) is 4.20. The topological polar surface area (TPSA) is 67.4 Å². The molecule has 2 atom stereocenters. The van der Waals surface area contributed by atoms with Gasteiger partial charge in [-0.05, 0) is 25.1 Å².